The third kappa shape index (κ3) is 4.06. The second-order valence-corrected chi connectivity index (χ2v) is 4.50. The Labute approximate surface area is 117 Å². The highest BCUT2D eigenvalue weighted by atomic mass is 35.5. The first-order chi connectivity index (χ1) is 9.29. The Balaban J connectivity index is 1.85. The minimum Gasteiger partial charge on any atom is -0.350 e. The molecule has 0 fully saturated rings. The third-order valence-corrected chi connectivity index (χ3v) is 2.78. The van der Waals surface area contributed by atoms with Crippen molar-refractivity contribution in [1.29, 1.82) is 0 Å². The van der Waals surface area contributed by atoms with E-state index in [-0.39, 0.29) is 0 Å². The molecular weight excluding hydrogens is 262 g/mol. The van der Waals surface area contributed by atoms with Gasteiger partial charge in [-0.15, -0.1) is 0 Å². The lowest BCUT2D eigenvalue weighted by Crippen LogP contribution is -2.08. The first kappa shape index (κ1) is 13.5. The monoisotopic (exact) mass is 277 g/mol. The summed E-state index contributed by atoms with van der Waals surface area (Å²) in [4.78, 5) is 0. The van der Waals surface area contributed by atoms with Crippen LogP contribution in [0.2, 0.25) is 5.02 Å². The predicted octanol–water partition coefficient (Wildman–Crippen LogP) is 2.86. The van der Waals surface area contributed by atoms with Crippen molar-refractivity contribution >= 4 is 23.6 Å². The van der Waals surface area contributed by atoms with Crippen LogP contribution in [0.3, 0.4) is 0 Å². The van der Waals surface area contributed by atoms with E-state index in [1.54, 1.807) is 4.68 Å². The van der Waals surface area contributed by atoms with Gasteiger partial charge in [-0.25, -0.2) is 4.68 Å². The van der Waals surface area contributed by atoms with Crippen molar-refractivity contribution in [2.75, 3.05) is 11.9 Å². The van der Waals surface area contributed by atoms with Crippen molar-refractivity contribution < 1.29 is 0 Å². The number of tetrazole rings is 1. The van der Waals surface area contributed by atoms with Gasteiger partial charge in [0.15, 0.2) is 0 Å². The molecule has 0 spiro atoms. The van der Waals surface area contributed by atoms with Crippen LogP contribution in [0.25, 0.3) is 6.08 Å². The Hall–Kier alpha value is -1.88. The van der Waals surface area contributed by atoms with Crippen molar-refractivity contribution in [2.45, 2.75) is 19.9 Å². The van der Waals surface area contributed by atoms with Gasteiger partial charge in [0.05, 0.1) is 0 Å². The molecule has 1 N–H and O–H groups in total. The van der Waals surface area contributed by atoms with Gasteiger partial charge in [-0.05, 0) is 34.5 Å². The zero-order valence-electron chi connectivity index (χ0n) is 10.8. The average molecular weight is 278 g/mol. The van der Waals surface area contributed by atoms with Crippen LogP contribution in [0.4, 0.5) is 5.95 Å². The number of hydrogen-bond acceptors (Lipinski definition) is 4. The first-order valence-corrected chi connectivity index (χ1v) is 6.59. The van der Waals surface area contributed by atoms with Gasteiger partial charge in [-0.2, -0.15) is 0 Å². The fraction of sp³-hybridized carbons (Fsp3) is 0.308. The van der Waals surface area contributed by atoms with E-state index in [2.05, 4.69) is 27.8 Å². The predicted molar refractivity (Wildman–Crippen MR) is 77.1 cm³/mol. The van der Waals surface area contributed by atoms with Crippen LogP contribution in [-0.2, 0) is 6.54 Å². The number of anilines is 1. The van der Waals surface area contributed by atoms with Gasteiger partial charge in [0.1, 0.15) is 0 Å². The standard InChI is InChI=1S/C13H16ClN5/c1-2-10-19-13(16-17-18-19)15-9-3-4-11-5-7-12(14)8-6-11/h3-8H,2,9-10H2,1H3,(H,15,16,18). The van der Waals surface area contributed by atoms with Gasteiger partial charge < -0.3 is 5.32 Å². The van der Waals surface area contributed by atoms with E-state index >= 15 is 0 Å². The van der Waals surface area contributed by atoms with E-state index in [1.165, 1.54) is 0 Å². The lowest BCUT2D eigenvalue weighted by atomic mass is 10.2. The summed E-state index contributed by atoms with van der Waals surface area (Å²) in [7, 11) is 0. The number of aromatic nitrogens is 4. The molecule has 2 aromatic rings. The molecule has 0 aliphatic carbocycles. The summed E-state index contributed by atoms with van der Waals surface area (Å²) in [5.74, 6) is 0.697. The molecule has 100 valence electrons. The molecule has 1 heterocycles. The number of nitrogens with one attached hydrogen (secondary N) is 1. The molecule has 0 amide bonds. The summed E-state index contributed by atoms with van der Waals surface area (Å²) in [5.41, 5.74) is 1.11. The van der Waals surface area contributed by atoms with Crippen LogP contribution in [-0.4, -0.2) is 26.8 Å². The minimum atomic E-state index is 0.673. The number of benzene rings is 1. The van der Waals surface area contributed by atoms with Crippen molar-refractivity contribution in [3.63, 3.8) is 0 Å². The normalized spacial score (nSPS) is 11.1. The first-order valence-electron chi connectivity index (χ1n) is 6.21. The Kier molecular flexibility index (Phi) is 4.92. The fourth-order valence-corrected chi connectivity index (χ4v) is 1.74. The van der Waals surface area contributed by atoms with Crippen LogP contribution in [0.1, 0.15) is 18.9 Å². The number of aryl methyl sites for hydroxylation is 1. The molecule has 1 aromatic carbocycles. The van der Waals surface area contributed by atoms with Crippen molar-refractivity contribution in [3.05, 3.63) is 40.9 Å². The van der Waals surface area contributed by atoms with Gasteiger partial charge >= 0.3 is 0 Å². The van der Waals surface area contributed by atoms with Crippen LogP contribution in [0.15, 0.2) is 30.3 Å². The largest absolute Gasteiger partial charge is 0.350 e. The molecule has 0 saturated carbocycles. The quantitative estimate of drug-likeness (QED) is 0.882. The van der Waals surface area contributed by atoms with Crippen LogP contribution >= 0.6 is 11.6 Å². The van der Waals surface area contributed by atoms with Crippen molar-refractivity contribution in [1.82, 2.24) is 20.2 Å². The lowest BCUT2D eigenvalue weighted by Gasteiger charge is -2.03. The second kappa shape index (κ2) is 6.89. The molecule has 0 aliphatic rings. The van der Waals surface area contributed by atoms with E-state index in [4.69, 9.17) is 11.6 Å². The van der Waals surface area contributed by atoms with E-state index in [0.717, 1.165) is 23.6 Å². The molecule has 0 bridgehead atoms. The molecule has 2 rings (SSSR count). The third-order valence-electron chi connectivity index (χ3n) is 2.53. The Morgan fingerprint density at radius 1 is 1.32 bits per heavy atom. The molecule has 19 heavy (non-hydrogen) atoms. The molecule has 1 aromatic heterocycles. The molecule has 0 atom stereocenters. The van der Waals surface area contributed by atoms with Gasteiger partial charge in [-0.3, -0.25) is 0 Å². The SMILES string of the molecule is CCCn1nnnc1NCC=Cc1ccc(Cl)cc1. The molecule has 0 saturated heterocycles. The summed E-state index contributed by atoms with van der Waals surface area (Å²) < 4.78 is 1.76. The van der Waals surface area contributed by atoms with E-state index in [9.17, 15) is 0 Å². The Morgan fingerprint density at radius 2 is 2.11 bits per heavy atom. The van der Waals surface area contributed by atoms with Crippen LogP contribution in [0, 0.1) is 0 Å². The maximum Gasteiger partial charge on any atom is 0.243 e. The topological polar surface area (TPSA) is 55.6 Å². The fourth-order valence-electron chi connectivity index (χ4n) is 1.61. The van der Waals surface area contributed by atoms with Gasteiger partial charge in [0.2, 0.25) is 5.95 Å². The van der Waals surface area contributed by atoms with Crippen LogP contribution < -0.4 is 5.32 Å². The lowest BCUT2D eigenvalue weighted by molar-refractivity contribution is 0.583. The zero-order chi connectivity index (χ0) is 13.5. The molecule has 0 unspecified atom stereocenters. The highest BCUT2D eigenvalue weighted by Crippen LogP contribution is 2.10. The smallest absolute Gasteiger partial charge is 0.243 e. The van der Waals surface area contributed by atoms with E-state index < -0.39 is 0 Å². The Morgan fingerprint density at radius 3 is 2.84 bits per heavy atom. The van der Waals surface area contributed by atoms with Gasteiger partial charge in [0, 0.05) is 18.1 Å². The number of halogens is 1. The highest BCUT2D eigenvalue weighted by molar-refractivity contribution is 6.30. The summed E-state index contributed by atoms with van der Waals surface area (Å²) >= 11 is 5.83. The maximum absolute atomic E-state index is 5.83. The number of nitrogens with zero attached hydrogens (tertiary/aromatic N) is 4. The molecule has 0 radical (unpaired) electrons. The van der Waals surface area contributed by atoms with Gasteiger partial charge in [-0.1, -0.05) is 47.9 Å². The van der Waals surface area contributed by atoms with E-state index in [1.807, 2.05) is 36.4 Å². The molecule has 6 heteroatoms. The highest BCUT2D eigenvalue weighted by Gasteiger charge is 2.01. The van der Waals surface area contributed by atoms with Crippen molar-refractivity contribution in [3.8, 4) is 0 Å². The van der Waals surface area contributed by atoms with Gasteiger partial charge in [0.25, 0.3) is 0 Å². The Bertz CT molecular complexity index is 532. The van der Waals surface area contributed by atoms with Crippen molar-refractivity contribution in [2.24, 2.45) is 0 Å². The number of rotatable bonds is 6. The van der Waals surface area contributed by atoms with E-state index in [0.29, 0.717) is 12.5 Å². The zero-order valence-corrected chi connectivity index (χ0v) is 11.5. The number of hydrogen-bond donors (Lipinski definition) is 1. The summed E-state index contributed by atoms with van der Waals surface area (Å²) in [6.45, 7) is 3.58. The minimum absolute atomic E-state index is 0.673. The van der Waals surface area contributed by atoms with Crippen LogP contribution in [0.5, 0.6) is 0 Å². The molecule has 0 aliphatic heterocycles. The summed E-state index contributed by atoms with van der Waals surface area (Å²) in [6.07, 6.45) is 5.05. The average Bonchev–Trinajstić information content (AvgIpc) is 2.85. The second-order valence-electron chi connectivity index (χ2n) is 4.06. The summed E-state index contributed by atoms with van der Waals surface area (Å²) in [6, 6.07) is 7.69. The maximum atomic E-state index is 5.83. The summed E-state index contributed by atoms with van der Waals surface area (Å²) in [5, 5.41) is 15.4. The molecular formula is C13H16ClN5. The molecule has 5 nitrogen and oxygen atoms in total.